The van der Waals surface area contributed by atoms with Crippen molar-refractivity contribution in [3.8, 4) is 0 Å². The standard InChI is InChI=1S/C12H9F2NOS/c1-7-2-3-8(13)11(12(7)14)9(16)6-10-15-4-5-17-10/h2-5H,6H2,1H3. The molecule has 0 aliphatic heterocycles. The largest absolute Gasteiger partial charge is 0.293 e. The number of aromatic nitrogens is 1. The number of benzene rings is 1. The summed E-state index contributed by atoms with van der Waals surface area (Å²) in [4.78, 5) is 15.7. The van der Waals surface area contributed by atoms with Gasteiger partial charge in [0.25, 0.3) is 0 Å². The van der Waals surface area contributed by atoms with Crippen molar-refractivity contribution in [2.24, 2.45) is 0 Å². The lowest BCUT2D eigenvalue weighted by atomic mass is 10.0. The van der Waals surface area contributed by atoms with Crippen LogP contribution < -0.4 is 0 Å². The summed E-state index contributed by atoms with van der Waals surface area (Å²) in [5.41, 5.74) is -0.214. The van der Waals surface area contributed by atoms with E-state index < -0.39 is 23.0 Å². The number of carbonyl (C=O) groups excluding carboxylic acids is 1. The van der Waals surface area contributed by atoms with Crippen molar-refractivity contribution in [2.45, 2.75) is 13.3 Å². The molecule has 0 aliphatic carbocycles. The molecule has 0 saturated heterocycles. The SMILES string of the molecule is Cc1ccc(F)c(C(=O)Cc2nccs2)c1F. The highest BCUT2D eigenvalue weighted by atomic mass is 32.1. The number of hydrogen-bond donors (Lipinski definition) is 0. The second-order valence-electron chi connectivity index (χ2n) is 3.58. The molecule has 0 radical (unpaired) electrons. The fourth-order valence-electron chi connectivity index (χ4n) is 1.48. The van der Waals surface area contributed by atoms with Gasteiger partial charge >= 0.3 is 0 Å². The Kier molecular flexibility index (Phi) is 3.28. The van der Waals surface area contributed by atoms with Crippen molar-refractivity contribution >= 4 is 17.1 Å². The second-order valence-corrected chi connectivity index (χ2v) is 4.56. The molecule has 0 atom stereocenters. The van der Waals surface area contributed by atoms with E-state index in [1.807, 2.05) is 0 Å². The van der Waals surface area contributed by atoms with Crippen LogP contribution in [0.3, 0.4) is 0 Å². The molecular weight excluding hydrogens is 244 g/mol. The topological polar surface area (TPSA) is 30.0 Å². The molecule has 1 aromatic heterocycles. The number of halogens is 2. The molecule has 5 heteroatoms. The van der Waals surface area contributed by atoms with E-state index in [0.717, 1.165) is 6.07 Å². The Morgan fingerprint density at radius 1 is 1.41 bits per heavy atom. The van der Waals surface area contributed by atoms with Crippen LogP contribution in [0.15, 0.2) is 23.7 Å². The van der Waals surface area contributed by atoms with Gasteiger partial charge in [-0.05, 0) is 18.6 Å². The predicted octanol–water partition coefficient (Wildman–Crippen LogP) is 3.16. The van der Waals surface area contributed by atoms with Gasteiger partial charge in [-0.25, -0.2) is 13.8 Å². The molecule has 0 bridgehead atoms. The van der Waals surface area contributed by atoms with E-state index in [1.54, 1.807) is 11.6 Å². The predicted molar refractivity (Wildman–Crippen MR) is 61.2 cm³/mol. The highest BCUT2D eigenvalue weighted by molar-refractivity contribution is 7.09. The Morgan fingerprint density at radius 3 is 2.82 bits per heavy atom. The second kappa shape index (κ2) is 4.71. The van der Waals surface area contributed by atoms with E-state index in [4.69, 9.17) is 0 Å². The number of rotatable bonds is 3. The number of aryl methyl sites for hydroxylation is 1. The molecule has 88 valence electrons. The lowest BCUT2D eigenvalue weighted by Crippen LogP contribution is -2.10. The molecule has 0 unspecified atom stereocenters. The minimum Gasteiger partial charge on any atom is -0.293 e. The Labute approximate surface area is 101 Å². The summed E-state index contributed by atoms with van der Waals surface area (Å²) in [5, 5.41) is 2.27. The first kappa shape index (κ1) is 11.9. The number of Topliss-reactive ketones (excluding diaryl/α,β-unsaturated/α-hetero) is 1. The normalized spacial score (nSPS) is 10.5. The maximum absolute atomic E-state index is 13.7. The lowest BCUT2D eigenvalue weighted by Gasteiger charge is -2.05. The highest BCUT2D eigenvalue weighted by Gasteiger charge is 2.19. The molecule has 2 nitrogen and oxygen atoms in total. The zero-order valence-corrected chi connectivity index (χ0v) is 9.85. The average Bonchev–Trinajstić information content (AvgIpc) is 2.77. The molecule has 1 heterocycles. The van der Waals surface area contributed by atoms with Crippen LogP contribution in [0.25, 0.3) is 0 Å². The monoisotopic (exact) mass is 253 g/mol. The first-order valence-corrected chi connectivity index (χ1v) is 5.83. The molecule has 2 aromatic rings. The van der Waals surface area contributed by atoms with Gasteiger partial charge in [0.05, 0.1) is 12.0 Å². The first-order valence-electron chi connectivity index (χ1n) is 4.95. The van der Waals surface area contributed by atoms with Gasteiger partial charge in [0, 0.05) is 11.6 Å². The van der Waals surface area contributed by atoms with Crippen molar-refractivity contribution in [1.82, 2.24) is 4.98 Å². The number of ketones is 1. The Bertz CT molecular complexity index is 552. The Morgan fingerprint density at radius 2 is 2.18 bits per heavy atom. The fraction of sp³-hybridized carbons (Fsp3) is 0.167. The van der Waals surface area contributed by atoms with Gasteiger partial charge in [-0.1, -0.05) is 6.07 Å². The summed E-state index contributed by atoms with van der Waals surface area (Å²) in [6.45, 7) is 1.49. The molecule has 0 spiro atoms. The summed E-state index contributed by atoms with van der Waals surface area (Å²) in [7, 11) is 0. The molecule has 2 rings (SSSR count). The van der Waals surface area contributed by atoms with E-state index in [2.05, 4.69) is 4.98 Å². The summed E-state index contributed by atoms with van der Waals surface area (Å²) >= 11 is 1.28. The zero-order chi connectivity index (χ0) is 12.4. The van der Waals surface area contributed by atoms with Gasteiger partial charge in [0.1, 0.15) is 16.6 Å². The van der Waals surface area contributed by atoms with E-state index in [0.29, 0.717) is 5.01 Å². The van der Waals surface area contributed by atoms with Crippen molar-refractivity contribution in [2.75, 3.05) is 0 Å². The number of nitrogens with zero attached hydrogens (tertiary/aromatic N) is 1. The van der Waals surface area contributed by atoms with Gasteiger partial charge in [-0.3, -0.25) is 4.79 Å². The molecular formula is C12H9F2NOS. The van der Waals surface area contributed by atoms with E-state index in [1.165, 1.54) is 24.3 Å². The van der Waals surface area contributed by atoms with Crippen LogP contribution in [0.1, 0.15) is 20.9 Å². The number of thiazole rings is 1. The zero-order valence-electron chi connectivity index (χ0n) is 9.04. The van der Waals surface area contributed by atoms with Crippen LogP contribution in [0.4, 0.5) is 8.78 Å². The highest BCUT2D eigenvalue weighted by Crippen LogP contribution is 2.19. The molecule has 0 N–H and O–H groups in total. The maximum atomic E-state index is 13.7. The Hall–Kier alpha value is -1.62. The van der Waals surface area contributed by atoms with Gasteiger partial charge in [0.2, 0.25) is 0 Å². The minimum absolute atomic E-state index is 0.0744. The quantitative estimate of drug-likeness (QED) is 0.786. The van der Waals surface area contributed by atoms with E-state index in [9.17, 15) is 13.6 Å². The summed E-state index contributed by atoms with van der Waals surface area (Å²) in [6, 6.07) is 2.42. The van der Waals surface area contributed by atoms with Gasteiger partial charge < -0.3 is 0 Å². The van der Waals surface area contributed by atoms with Crippen LogP contribution in [0.5, 0.6) is 0 Å². The van der Waals surface area contributed by atoms with Crippen LogP contribution in [0, 0.1) is 18.6 Å². The van der Waals surface area contributed by atoms with Crippen LogP contribution in [0.2, 0.25) is 0 Å². The lowest BCUT2D eigenvalue weighted by molar-refractivity contribution is 0.0984. The maximum Gasteiger partial charge on any atom is 0.175 e. The molecule has 0 amide bonds. The van der Waals surface area contributed by atoms with Crippen molar-refractivity contribution in [3.63, 3.8) is 0 Å². The molecule has 0 fully saturated rings. The van der Waals surface area contributed by atoms with Crippen molar-refractivity contribution in [3.05, 3.63) is 51.5 Å². The van der Waals surface area contributed by atoms with Gasteiger partial charge in [0.15, 0.2) is 5.78 Å². The first-order chi connectivity index (χ1) is 8.09. The fourth-order valence-corrected chi connectivity index (χ4v) is 2.09. The van der Waals surface area contributed by atoms with Gasteiger partial charge in [-0.2, -0.15) is 0 Å². The summed E-state index contributed by atoms with van der Waals surface area (Å²) in [5.74, 6) is -2.19. The molecule has 1 aromatic carbocycles. The Balaban J connectivity index is 2.34. The third-order valence-corrected chi connectivity index (χ3v) is 3.14. The smallest absolute Gasteiger partial charge is 0.175 e. The third kappa shape index (κ3) is 2.39. The third-order valence-electron chi connectivity index (χ3n) is 2.36. The minimum atomic E-state index is -0.824. The van der Waals surface area contributed by atoms with Crippen LogP contribution in [-0.4, -0.2) is 10.8 Å². The number of carbonyl (C=O) groups is 1. The van der Waals surface area contributed by atoms with Crippen LogP contribution >= 0.6 is 11.3 Å². The van der Waals surface area contributed by atoms with Crippen LogP contribution in [-0.2, 0) is 6.42 Å². The van der Waals surface area contributed by atoms with E-state index >= 15 is 0 Å². The molecule has 0 saturated carbocycles. The summed E-state index contributed by atoms with van der Waals surface area (Å²) < 4.78 is 27.1. The van der Waals surface area contributed by atoms with Gasteiger partial charge in [-0.15, -0.1) is 11.3 Å². The van der Waals surface area contributed by atoms with E-state index in [-0.39, 0.29) is 12.0 Å². The summed E-state index contributed by atoms with van der Waals surface area (Å²) in [6.07, 6.45) is 1.48. The average molecular weight is 253 g/mol. The number of hydrogen-bond acceptors (Lipinski definition) is 3. The van der Waals surface area contributed by atoms with Crippen molar-refractivity contribution in [1.29, 1.82) is 0 Å². The van der Waals surface area contributed by atoms with Crippen molar-refractivity contribution < 1.29 is 13.6 Å². The molecule has 0 aliphatic rings. The molecule has 17 heavy (non-hydrogen) atoms.